The summed E-state index contributed by atoms with van der Waals surface area (Å²) in [5.41, 5.74) is 0.762. The summed E-state index contributed by atoms with van der Waals surface area (Å²) in [6, 6.07) is 12.6. The Morgan fingerprint density at radius 1 is 0.967 bits per heavy atom. The smallest absolute Gasteiger partial charge is 0.317 e. The van der Waals surface area contributed by atoms with Crippen LogP contribution < -0.4 is 25.9 Å². The number of carbonyl (C=O) groups is 1. The highest BCUT2D eigenvalue weighted by Gasteiger charge is 2.14. The molecule has 3 aromatic rings. The van der Waals surface area contributed by atoms with Gasteiger partial charge in [-0.15, -0.1) is 0 Å². The van der Waals surface area contributed by atoms with Gasteiger partial charge in [-0.25, -0.2) is 0 Å². The van der Waals surface area contributed by atoms with E-state index in [0.717, 1.165) is 5.56 Å². The van der Waals surface area contributed by atoms with E-state index < -0.39 is 11.1 Å². The predicted octanol–water partition coefficient (Wildman–Crippen LogP) is 1.56. The summed E-state index contributed by atoms with van der Waals surface area (Å²) < 4.78 is 13.2. The van der Waals surface area contributed by atoms with Crippen LogP contribution in [0.15, 0.2) is 52.1 Å². The van der Waals surface area contributed by atoms with Gasteiger partial charge in [0.1, 0.15) is 18.0 Å². The molecule has 0 aliphatic carbocycles. The van der Waals surface area contributed by atoms with Gasteiger partial charge in [-0.1, -0.05) is 18.2 Å². The lowest BCUT2D eigenvalue weighted by molar-refractivity contribution is -0.121. The molecule has 0 atom stereocenters. The minimum absolute atomic E-state index is 0.223. The first-order valence-electron chi connectivity index (χ1n) is 9.70. The number of fused-ring (bicyclic) bond motifs is 1. The van der Waals surface area contributed by atoms with E-state index in [1.54, 1.807) is 51.5 Å². The van der Waals surface area contributed by atoms with E-state index in [4.69, 9.17) is 9.47 Å². The van der Waals surface area contributed by atoms with E-state index in [-0.39, 0.29) is 12.5 Å². The minimum Gasteiger partial charge on any atom is -0.497 e. The number of methoxy groups -OCH3 is 2. The maximum absolute atomic E-state index is 12.6. The first-order valence-corrected chi connectivity index (χ1v) is 9.70. The average molecular weight is 411 g/mol. The van der Waals surface area contributed by atoms with Crippen molar-refractivity contribution in [2.75, 3.05) is 20.8 Å². The van der Waals surface area contributed by atoms with E-state index >= 15 is 0 Å². The van der Waals surface area contributed by atoms with Crippen LogP contribution in [0.3, 0.4) is 0 Å². The van der Waals surface area contributed by atoms with Crippen molar-refractivity contribution in [1.82, 2.24) is 14.5 Å². The van der Waals surface area contributed by atoms with E-state index in [0.29, 0.717) is 42.0 Å². The van der Waals surface area contributed by atoms with Crippen molar-refractivity contribution in [3.05, 3.63) is 68.7 Å². The van der Waals surface area contributed by atoms with Crippen molar-refractivity contribution < 1.29 is 14.3 Å². The number of amides is 1. The van der Waals surface area contributed by atoms with Crippen molar-refractivity contribution in [3.8, 4) is 11.5 Å². The number of aromatic nitrogens is 2. The zero-order chi connectivity index (χ0) is 21.7. The van der Waals surface area contributed by atoms with Crippen LogP contribution in [0.2, 0.25) is 0 Å². The molecule has 30 heavy (non-hydrogen) atoms. The fraction of sp³-hybridized carbons (Fsp3) is 0.318. The number of benzene rings is 2. The highest BCUT2D eigenvalue weighted by Crippen LogP contribution is 2.24. The highest BCUT2D eigenvalue weighted by molar-refractivity contribution is 5.80. The second-order valence-electron chi connectivity index (χ2n) is 6.71. The van der Waals surface area contributed by atoms with Gasteiger partial charge < -0.3 is 19.4 Å². The molecule has 158 valence electrons. The maximum atomic E-state index is 12.6. The molecule has 1 amide bonds. The summed E-state index contributed by atoms with van der Waals surface area (Å²) in [6.45, 7) is 2.32. The van der Waals surface area contributed by atoms with Crippen molar-refractivity contribution >= 4 is 16.9 Å². The minimum atomic E-state index is -0.706. The SMILES string of the molecule is CCn1c(=O)c(=O)n(CC(=O)NCCc2ccc(OC)cc2OC)c2ccccc21. The summed E-state index contributed by atoms with van der Waals surface area (Å²) in [5, 5.41) is 2.81. The number of hydrogen-bond donors (Lipinski definition) is 1. The Balaban J connectivity index is 1.75. The third kappa shape index (κ3) is 4.22. The second kappa shape index (κ2) is 9.30. The molecule has 0 bridgehead atoms. The van der Waals surface area contributed by atoms with Gasteiger partial charge in [0, 0.05) is 19.2 Å². The monoisotopic (exact) mass is 411 g/mol. The number of hydrogen-bond acceptors (Lipinski definition) is 5. The molecular formula is C22H25N3O5. The maximum Gasteiger partial charge on any atom is 0.317 e. The van der Waals surface area contributed by atoms with E-state index in [9.17, 15) is 14.4 Å². The van der Waals surface area contributed by atoms with Crippen LogP contribution in [0, 0.1) is 0 Å². The van der Waals surface area contributed by atoms with Crippen LogP contribution in [0.4, 0.5) is 0 Å². The molecule has 1 heterocycles. The zero-order valence-electron chi connectivity index (χ0n) is 17.3. The molecule has 0 spiro atoms. The second-order valence-corrected chi connectivity index (χ2v) is 6.71. The molecule has 1 aromatic heterocycles. The summed E-state index contributed by atoms with van der Waals surface area (Å²) in [7, 11) is 3.16. The normalized spacial score (nSPS) is 10.8. The van der Waals surface area contributed by atoms with Crippen LogP contribution in [0.25, 0.3) is 11.0 Å². The van der Waals surface area contributed by atoms with Gasteiger partial charge in [0.05, 0.1) is 25.3 Å². The van der Waals surface area contributed by atoms with Crippen molar-refractivity contribution in [1.29, 1.82) is 0 Å². The molecule has 1 N–H and O–H groups in total. The number of carbonyl (C=O) groups excluding carboxylic acids is 1. The molecule has 8 heteroatoms. The van der Waals surface area contributed by atoms with Crippen LogP contribution in [0.1, 0.15) is 12.5 Å². The first-order chi connectivity index (χ1) is 14.5. The van der Waals surface area contributed by atoms with Crippen LogP contribution in [-0.4, -0.2) is 35.8 Å². The summed E-state index contributed by atoms with van der Waals surface area (Å²) in [4.78, 5) is 37.5. The molecule has 3 rings (SSSR count). The van der Waals surface area contributed by atoms with Crippen LogP contribution in [-0.2, 0) is 24.3 Å². The lowest BCUT2D eigenvalue weighted by atomic mass is 10.1. The zero-order valence-corrected chi connectivity index (χ0v) is 17.3. The van der Waals surface area contributed by atoms with Gasteiger partial charge in [-0.05, 0) is 37.1 Å². The fourth-order valence-electron chi connectivity index (χ4n) is 3.44. The Kier molecular flexibility index (Phi) is 6.56. The molecule has 8 nitrogen and oxygen atoms in total. The molecule has 0 radical (unpaired) electrons. The van der Waals surface area contributed by atoms with E-state index in [1.165, 1.54) is 9.13 Å². The number of nitrogens with one attached hydrogen (secondary N) is 1. The highest BCUT2D eigenvalue weighted by atomic mass is 16.5. The third-order valence-corrected chi connectivity index (χ3v) is 4.97. The summed E-state index contributed by atoms with van der Waals surface area (Å²) in [5.74, 6) is 1.02. The van der Waals surface area contributed by atoms with Crippen molar-refractivity contribution in [3.63, 3.8) is 0 Å². The molecule has 2 aromatic carbocycles. The molecule has 0 saturated carbocycles. The van der Waals surface area contributed by atoms with Gasteiger partial charge >= 0.3 is 11.1 Å². The van der Waals surface area contributed by atoms with Gasteiger partial charge in [0.25, 0.3) is 0 Å². The molecule has 0 fully saturated rings. The predicted molar refractivity (Wildman–Crippen MR) is 114 cm³/mol. The molecule has 0 aliphatic heterocycles. The summed E-state index contributed by atoms with van der Waals surface area (Å²) in [6.07, 6.45) is 0.548. The summed E-state index contributed by atoms with van der Waals surface area (Å²) >= 11 is 0. The van der Waals surface area contributed by atoms with Gasteiger partial charge in [-0.3, -0.25) is 19.0 Å². The molecule has 0 saturated heterocycles. The van der Waals surface area contributed by atoms with Crippen molar-refractivity contribution in [2.45, 2.75) is 26.4 Å². The molecule has 0 aliphatic rings. The average Bonchev–Trinajstić information content (AvgIpc) is 2.77. The Morgan fingerprint density at radius 2 is 1.63 bits per heavy atom. The number of nitrogens with zero attached hydrogens (tertiary/aromatic N) is 2. The quantitative estimate of drug-likeness (QED) is 0.568. The van der Waals surface area contributed by atoms with E-state index in [2.05, 4.69) is 5.32 Å². The number of para-hydroxylation sites is 2. The molecular weight excluding hydrogens is 386 g/mol. The Morgan fingerprint density at radius 3 is 2.27 bits per heavy atom. The fourth-order valence-corrected chi connectivity index (χ4v) is 3.44. The Labute approximate surface area is 173 Å². The lowest BCUT2D eigenvalue weighted by Crippen LogP contribution is -2.43. The van der Waals surface area contributed by atoms with Crippen LogP contribution in [0.5, 0.6) is 11.5 Å². The number of aryl methyl sites for hydroxylation is 1. The van der Waals surface area contributed by atoms with E-state index in [1.807, 2.05) is 12.1 Å². The third-order valence-electron chi connectivity index (χ3n) is 4.97. The standard InChI is InChI=1S/C22H25N3O5/c1-4-24-17-7-5-6-8-18(17)25(22(28)21(24)27)14-20(26)23-12-11-15-9-10-16(29-2)13-19(15)30-3/h5-10,13H,4,11-12,14H2,1-3H3,(H,23,26). The largest absolute Gasteiger partial charge is 0.497 e. The van der Waals surface area contributed by atoms with Crippen molar-refractivity contribution in [2.24, 2.45) is 0 Å². The Hall–Kier alpha value is -3.55. The number of rotatable bonds is 8. The molecule has 0 unspecified atom stereocenters. The van der Waals surface area contributed by atoms with Gasteiger partial charge in [0.2, 0.25) is 5.91 Å². The van der Waals surface area contributed by atoms with Crippen LogP contribution >= 0.6 is 0 Å². The lowest BCUT2D eigenvalue weighted by Gasteiger charge is -2.14. The first kappa shape index (κ1) is 21.2. The van der Waals surface area contributed by atoms with Gasteiger partial charge in [-0.2, -0.15) is 0 Å². The topological polar surface area (TPSA) is 91.6 Å². The number of ether oxygens (including phenoxy) is 2. The van der Waals surface area contributed by atoms with Gasteiger partial charge in [0.15, 0.2) is 0 Å². The Bertz CT molecular complexity index is 1180.